The molecule has 0 atom stereocenters. The molecule has 0 aliphatic rings. The smallest absolute Gasteiger partial charge is 0.248 e. The summed E-state index contributed by atoms with van der Waals surface area (Å²) in [4.78, 5) is 20.8. The van der Waals surface area contributed by atoms with Gasteiger partial charge in [-0.25, -0.2) is 4.39 Å². The Balaban J connectivity index is 3.22. The molecule has 0 aliphatic carbocycles. The molecule has 62 valence electrons. The number of nitrogens with two attached hydrogens (primary N) is 1. The third-order valence-corrected chi connectivity index (χ3v) is 1.41. The molecule has 2 N–H and O–H groups in total. The van der Waals surface area contributed by atoms with Gasteiger partial charge in [0.15, 0.2) is 6.29 Å². The summed E-state index contributed by atoms with van der Waals surface area (Å²) >= 11 is 0. The highest BCUT2D eigenvalue weighted by Crippen LogP contribution is 2.07. The van der Waals surface area contributed by atoms with Gasteiger partial charge in [-0.15, -0.1) is 0 Å². The SMILES string of the molecule is NC(=O)c1ccc(F)c(C=O)c1. The zero-order valence-electron chi connectivity index (χ0n) is 6.08. The maximum Gasteiger partial charge on any atom is 0.248 e. The molecule has 12 heavy (non-hydrogen) atoms. The van der Waals surface area contributed by atoms with Crippen molar-refractivity contribution in [3.63, 3.8) is 0 Å². The van der Waals surface area contributed by atoms with Crippen molar-refractivity contribution in [2.24, 2.45) is 5.73 Å². The number of carbonyl (C=O) groups is 2. The number of benzene rings is 1. The van der Waals surface area contributed by atoms with E-state index in [0.717, 1.165) is 12.1 Å². The van der Waals surface area contributed by atoms with Gasteiger partial charge in [-0.2, -0.15) is 0 Å². The molecule has 0 saturated heterocycles. The molecule has 0 saturated carbocycles. The summed E-state index contributed by atoms with van der Waals surface area (Å²) in [5.41, 5.74) is 4.87. The minimum atomic E-state index is -0.682. The largest absolute Gasteiger partial charge is 0.366 e. The van der Waals surface area contributed by atoms with Crippen LogP contribution in [0.3, 0.4) is 0 Å². The van der Waals surface area contributed by atoms with Crippen molar-refractivity contribution >= 4 is 12.2 Å². The Morgan fingerprint density at radius 2 is 2.17 bits per heavy atom. The molecule has 0 aromatic heterocycles. The van der Waals surface area contributed by atoms with E-state index in [1.807, 2.05) is 0 Å². The Morgan fingerprint density at radius 1 is 1.50 bits per heavy atom. The van der Waals surface area contributed by atoms with Crippen molar-refractivity contribution in [1.82, 2.24) is 0 Å². The van der Waals surface area contributed by atoms with E-state index in [1.165, 1.54) is 6.07 Å². The molecular formula is C8H6FNO2. The average molecular weight is 167 g/mol. The molecule has 0 bridgehead atoms. The van der Waals surface area contributed by atoms with Crippen molar-refractivity contribution in [2.75, 3.05) is 0 Å². The summed E-state index contributed by atoms with van der Waals surface area (Å²) in [6, 6.07) is 3.37. The number of carbonyl (C=O) groups excluding carboxylic acids is 2. The third kappa shape index (κ3) is 1.47. The number of hydrogen-bond acceptors (Lipinski definition) is 2. The first kappa shape index (κ1) is 8.39. The first-order valence-electron chi connectivity index (χ1n) is 3.19. The van der Waals surface area contributed by atoms with Crippen molar-refractivity contribution in [3.05, 3.63) is 35.1 Å². The molecule has 0 unspecified atom stereocenters. The number of primary amides is 1. The predicted molar refractivity (Wildman–Crippen MR) is 40.3 cm³/mol. The Kier molecular flexibility index (Phi) is 2.19. The van der Waals surface area contributed by atoms with Gasteiger partial charge in [0.2, 0.25) is 5.91 Å². The van der Waals surface area contributed by atoms with E-state index >= 15 is 0 Å². The van der Waals surface area contributed by atoms with Crippen LogP contribution in [-0.4, -0.2) is 12.2 Å². The zero-order chi connectivity index (χ0) is 9.14. The topological polar surface area (TPSA) is 60.2 Å². The van der Waals surface area contributed by atoms with Crippen LogP contribution in [0.4, 0.5) is 4.39 Å². The molecule has 3 nitrogen and oxygen atoms in total. The molecule has 1 rings (SSSR count). The second kappa shape index (κ2) is 3.13. The van der Waals surface area contributed by atoms with Gasteiger partial charge in [-0.1, -0.05) is 0 Å². The maximum atomic E-state index is 12.7. The summed E-state index contributed by atoms with van der Waals surface area (Å²) in [6.07, 6.45) is 0.335. The van der Waals surface area contributed by atoms with Crippen LogP contribution in [0.25, 0.3) is 0 Å². The van der Waals surface area contributed by atoms with Gasteiger partial charge in [0.25, 0.3) is 0 Å². The molecule has 0 spiro atoms. The van der Waals surface area contributed by atoms with Gasteiger partial charge < -0.3 is 5.73 Å². The van der Waals surface area contributed by atoms with Crippen molar-refractivity contribution < 1.29 is 14.0 Å². The van der Waals surface area contributed by atoms with Crippen LogP contribution in [0.5, 0.6) is 0 Å². The van der Waals surface area contributed by atoms with Gasteiger partial charge in [-0.3, -0.25) is 9.59 Å². The fourth-order valence-corrected chi connectivity index (χ4v) is 0.787. The molecule has 0 heterocycles. The number of amides is 1. The Bertz CT molecular complexity index is 336. The minimum absolute atomic E-state index is 0.124. The molecular weight excluding hydrogens is 161 g/mol. The summed E-state index contributed by atoms with van der Waals surface area (Å²) in [6.45, 7) is 0. The summed E-state index contributed by atoms with van der Waals surface area (Å²) in [7, 11) is 0. The monoisotopic (exact) mass is 167 g/mol. The van der Waals surface area contributed by atoms with E-state index in [2.05, 4.69) is 0 Å². The van der Waals surface area contributed by atoms with Crippen LogP contribution < -0.4 is 5.73 Å². The lowest BCUT2D eigenvalue weighted by Crippen LogP contribution is -2.11. The van der Waals surface area contributed by atoms with E-state index in [1.54, 1.807) is 0 Å². The Labute approximate surface area is 68.0 Å². The van der Waals surface area contributed by atoms with Gasteiger partial charge >= 0.3 is 0 Å². The van der Waals surface area contributed by atoms with Crippen LogP contribution >= 0.6 is 0 Å². The summed E-state index contributed by atoms with van der Waals surface area (Å²) in [5.74, 6) is -1.34. The van der Waals surface area contributed by atoms with E-state index in [0.29, 0.717) is 6.29 Å². The molecule has 4 heteroatoms. The first-order chi connectivity index (χ1) is 5.65. The van der Waals surface area contributed by atoms with E-state index in [9.17, 15) is 14.0 Å². The normalized spacial score (nSPS) is 9.42. The molecule has 1 aromatic rings. The zero-order valence-corrected chi connectivity index (χ0v) is 6.08. The van der Waals surface area contributed by atoms with Crippen LogP contribution in [0, 0.1) is 5.82 Å². The second-order valence-electron chi connectivity index (χ2n) is 2.22. The van der Waals surface area contributed by atoms with Crippen molar-refractivity contribution in [1.29, 1.82) is 0 Å². The standard InChI is InChI=1S/C8H6FNO2/c9-7-2-1-5(8(10)12)3-6(7)4-11/h1-4H,(H2,10,12). The molecule has 0 aliphatic heterocycles. The first-order valence-corrected chi connectivity index (χ1v) is 3.19. The van der Waals surface area contributed by atoms with Crippen molar-refractivity contribution in [2.45, 2.75) is 0 Å². The molecule has 1 aromatic carbocycles. The molecule has 0 radical (unpaired) electrons. The van der Waals surface area contributed by atoms with Crippen LogP contribution in [0.1, 0.15) is 20.7 Å². The number of aldehydes is 1. The highest BCUT2D eigenvalue weighted by molar-refractivity contribution is 5.94. The van der Waals surface area contributed by atoms with Gasteiger partial charge in [0.05, 0.1) is 5.56 Å². The summed E-state index contributed by atoms with van der Waals surface area (Å²) < 4.78 is 12.7. The quantitative estimate of drug-likeness (QED) is 0.660. The predicted octanol–water partition coefficient (Wildman–Crippen LogP) is 0.737. The lowest BCUT2D eigenvalue weighted by Gasteiger charge is -1.96. The fourth-order valence-electron chi connectivity index (χ4n) is 0.787. The van der Waals surface area contributed by atoms with E-state index in [-0.39, 0.29) is 11.1 Å². The Morgan fingerprint density at radius 3 is 2.67 bits per heavy atom. The lowest BCUT2D eigenvalue weighted by molar-refractivity contribution is 0.1000. The van der Waals surface area contributed by atoms with Crippen LogP contribution in [0.15, 0.2) is 18.2 Å². The average Bonchev–Trinajstić information content (AvgIpc) is 2.05. The van der Waals surface area contributed by atoms with Crippen LogP contribution in [-0.2, 0) is 0 Å². The van der Waals surface area contributed by atoms with Gasteiger partial charge in [-0.05, 0) is 18.2 Å². The number of hydrogen-bond donors (Lipinski definition) is 1. The maximum absolute atomic E-state index is 12.7. The molecule has 0 fully saturated rings. The van der Waals surface area contributed by atoms with E-state index in [4.69, 9.17) is 5.73 Å². The van der Waals surface area contributed by atoms with Gasteiger partial charge in [0.1, 0.15) is 5.82 Å². The van der Waals surface area contributed by atoms with Crippen molar-refractivity contribution in [3.8, 4) is 0 Å². The fraction of sp³-hybridized carbons (Fsp3) is 0. The van der Waals surface area contributed by atoms with E-state index < -0.39 is 11.7 Å². The van der Waals surface area contributed by atoms with Gasteiger partial charge in [0, 0.05) is 5.56 Å². The number of rotatable bonds is 2. The molecule has 1 amide bonds. The minimum Gasteiger partial charge on any atom is -0.366 e. The highest BCUT2D eigenvalue weighted by Gasteiger charge is 2.05. The number of halogens is 1. The Hall–Kier alpha value is -1.71. The van der Waals surface area contributed by atoms with Crippen LogP contribution in [0.2, 0.25) is 0 Å². The highest BCUT2D eigenvalue weighted by atomic mass is 19.1. The third-order valence-electron chi connectivity index (χ3n) is 1.41. The second-order valence-corrected chi connectivity index (χ2v) is 2.22. The lowest BCUT2D eigenvalue weighted by atomic mass is 10.1. The summed E-state index contributed by atoms with van der Waals surface area (Å²) in [5, 5.41) is 0.